The van der Waals surface area contributed by atoms with Crippen molar-refractivity contribution >= 4 is 17.9 Å². The summed E-state index contributed by atoms with van der Waals surface area (Å²) < 4.78 is 16.9. The first-order valence-corrected chi connectivity index (χ1v) is 30.4. The van der Waals surface area contributed by atoms with Crippen LogP contribution in [0.2, 0.25) is 0 Å². The van der Waals surface area contributed by atoms with Crippen LogP contribution >= 0.6 is 0 Å². The third kappa shape index (κ3) is 57.6. The Kier molecular flexibility index (Phi) is 56.8. The van der Waals surface area contributed by atoms with Gasteiger partial charge in [0.05, 0.1) is 0 Å². The van der Waals surface area contributed by atoms with Gasteiger partial charge >= 0.3 is 17.9 Å². The highest BCUT2D eigenvalue weighted by Crippen LogP contribution is 2.16. The molecule has 0 heterocycles. The van der Waals surface area contributed by atoms with Gasteiger partial charge in [0.15, 0.2) is 6.10 Å². The van der Waals surface area contributed by atoms with Crippen LogP contribution in [0.5, 0.6) is 0 Å². The van der Waals surface area contributed by atoms with Crippen molar-refractivity contribution < 1.29 is 28.6 Å². The van der Waals surface area contributed by atoms with Crippen molar-refractivity contribution in [3.05, 3.63) is 72.9 Å². The monoisotopic (exact) mass is 991 g/mol. The summed E-state index contributed by atoms with van der Waals surface area (Å²) in [7, 11) is 0. The molecule has 0 aromatic rings. The molecule has 0 aromatic carbocycles. The van der Waals surface area contributed by atoms with Crippen molar-refractivity contribution in [3.8, 4) is 0 Å². The standard InChI is InChI=1S/C65H114O6/c1-4-7-10-13-16-19-22-25-27-29-31-32-34-35-37-40-43-46-49-52-55-58-64(67)70-61-62(60-69-63(66)57-54-51-48-45-42-39-24-21-18-15-12-9-6-3)71-65(68)59-56-53-50-47-44-41-38-36-33-30-28-26-23-20-17-14-11-8-5-2/h7,10,16,19,25-28,31-32,35,37,62H,4-6,8-9,11-15,17-18,20-24,29-30,33-34,36,38-61H2,1-3H3/b10-7-,19-16-,27-25-,28-26-,32-31-,37-35-. The lowest BCUT2D eigenvalue weighted by molar-refractivity contribution is -0.167. The zero-order chi connectivity index (χ0) is 51.4. The van der Waals surface area contributed by atoms with E-state index in [4.69, 9.17) is 14.2 Å². The molecule has 410 valence electrons. The maximum absolute atomic E-state index is 12.9. The molecule has 71 heavy (non-hydrogen) atoms. The van der Waals surface area contributed by atoms with E-state index < -0.39 is 6.10 Å². The Labute approximate surface area is 440 Å². The van der Waals surface area contributed by atoms with Crippen LogP contribution in [0.1, 0.15) is 303 Å². The van der Waals surface area contributed by atoms with Crippen molar-refractivity contribution in [3.63, 3.8) is 0 Å². The SMILES string of the molecule is CC/C=C\C/C=C\C/C=C\C/C=C\C/C=C\CCCCCCCC(=O)OCC(COC(=O)CCCCCCCCCCCCCCC)OC(=O)CCCCCCCCCCC/C=C\CCCCCCCC. The summed E-state index contributed by atoms with van der Waals surface area (Å²) in [6.45, 7) is 6.53. The lowest BCUT2D eigenvalue weighted by atomic mass is 10.0. The molecular weight excluding hydrogens is 877 g/mol. The molecule has 6 heteroatoms. The van der Waals surface area contributed by atoms with Gasteiger partial charge in [0.2, 0.25) is 0 Å². The van der Waals surface area contributed by atoms with Gasteiger partial charge in [0, 0.05) is 19.3 Å². The zero-order valence-electron chi connectivity index (χ0n) is 47.0. The third-order valence-electron chi connectivity index (χ3n) is 13.2. The minimum Gasteiger partial charge on any atom is -0.462 e. The molecule has 0 rings (SSSR count). The van der Waals surface area contributed by atoms with E-state index in [1.54, 1.807) is 0 Å². The Balaban J connectivity index is 4.38. The molecule has 0 aromatic heterocycles. The quantitative estimate of drug-likeness (QED) is 0.0261. The van der Waals surface area contributed by atoms with Crippen molar-refractivity contribution in [2.45, 2.75) is 309 Å². The van der Waals surface area contributed by atoms with Crippen molar-refractivity contribution in [1.82, 2.24) is 0 Å². The van der Waals surface area contributed by atoms with E-state index in [9.17, 15) is 14.4 Å². The van der Waals surface area contributed by atoms with Gasteiger partial charge in [0.25, 0.3) is 0 Å². The van der Waals surface area contributed by atoms with Crippen LogP contribution in [-0.2, 0) is 28.6 Å². The first-order chi connectivity index (χ1) is 35.0. The van der Waals surface area contributed by atoms with Gasteiger partial charge in [-0.3, -0.25) is 14.4 Å². The van der Waals surface area contributed by atoms with Gasteiger partial charge < -0.3 is 14.2 Å². The Bertz CT molecular complexity index is 1320. The van der Waals surface area contributed by atoms with Crippen LogP contribution in [0.15, 0.2) is 72.9 Å². The van der Waals surface area contributed by atoms with E-state index >= 15 is 0 Å². The molecule has 0 radical (unpaired) electrons. The Morgan fingerprint density at radius 1 is 0.296 bits per heavy atom. The Morgan fingerprint density at radius 3 is 0.873 bits per heavy atom. The molecular formula is C65H114O6. The molecule has 0 aliphatic carbocycles. The maximum Gasteiger partial charge on any atom is 0.306 e. The van der Waals surface area contributed by atoms with E-state index in [1.807, 2.05) is 0 Å². The summed E-state index contributed by atoms with van der Waals surface area (Å²) in [6, 6.07) is 0. The highest BCUT2D eigenvalue weighted by atomic mass is 16.6. The average molecular weight is 992 g/mol. The molecule has 0 spiro atoms. The number of allylic oxidation sites excluding steroid dienone is 12. The fourth-order valence-electron chi connectivity index (χ4n) is 8.64. The van der Waals surface area contributed by atoms with Crippen molar-refractivity contribution in [2.24, 2.45) is 0 Å². The van der Waals surface area contributed by atoms with Gasteiger partial charge in [-0.1, -0.05) is 267 Å². The Morgan fingerprint density at radius 2 is 0.549 bits per heavy atom. The second-order valence-corrected chi connectivity index (χ2v) is 20.2. The molecule has 0 amide bonds. The molecule has 0 saturated heterocycles. The summed E-state index contributed by atoms with van der Waals surface area (Å²) in [4.78, 5) is 38.2. The largest absolute Gasteiger partial charge is 0.462 e. The molecule has 0 bridgehead atoms. The van der Waals surface area contributed by atoms with Crippen molar-refractivity contribution in [1.29, 1.82) is 0 Å². The molecule has 0 aliphatic heterocycles. The lowest BCUT2D eigenvalue weighted by Gasteiger charge is -2.18. The number of ether oxygens (including phenoxy) is 3. The highest BCUT2D eigenvalue weighted by molar-refractivity contribution is 5.71. The predicted molar refractivity (Wildman–Crippen MR) is 307 cm³/mol. The van der Waals surface area contributed by atoms with Crippen LogP contribution in [0, 0.1) is 0 Å². The number of rotatable bonds is 55. The fourth-order valence-corrected chi connectivity index (χ4v) is 8.64. The van der Waals surface area contributed by atoms with E-state index in [0.29, 0.717) is 19.3 Å². The van der Waals surface area contributed by atoms with Gasteiger partial charge in [-0.15, -0.1) is 0 Å². The first-order valence-electron chi connectivity index (χ1n) is 30.4. The predicted octanol–water partition coefficient (Wildman–Crippen LogP) is 20.5. The highest BCUT2D eigenvalue weighted by Gasteiger charge is 2.19. The normalized spacial score (nSPS) is 12.5. The molecule has 1 unspecified atom stereocenters. The van der Waals surface area contributed by atoms with Crippen LogP contribution in [0.4, 0.5) is 0 Å². The topological polar surface area (TPSA) is 78.9 Å². The third-order valence-corrected chi connectivity index (χ3v) is 13.2. The molecule has 6 nitrogen and oxygen atoms in total. The van der Waals surface area contributed by atoms with Gasteiger partial charge in [-0.25, -0.2) is 0 Å². The number of esters is 3. The minimum atomic E-state index is -0.784. The summed E-state index contributed by atoms with van der Waals surface area (Å²) >= 11 is 0. The molecule has 0 saturated carbocycles. The van der Waals surface area contributed by atoms with Crippen LogP contribution in [0.25, 0.3) is 0 Å². The fraction of sp³-hybridized carbons (Fsp3) is 0.769. The molecule has 1 atom stereocenters. The summed E-state index contributed by atoms with van der Waals surface area (Å²) in [6.07, 6.45) is 76.1. The van der Waals surface area contributed by atoms with E-state index in [0.717, 1.165) is 109 Å². The Hall–Kier alpha value is -3.15. The summed E-state index contributed by atoms with van der Waals surface area (Å²) in [5.74, 6) is -0.889. The molecule has 0 N–H and O–H groups in total. The number of carbonyl (C=O) groups is 3. The number of hydrogen-bond acceptors (Lipinski definition) is 6. The van der Waals surface area contributed by atoms with Crippen LogP contribution in [-0.4, -0.2) is 37.2 Å². The number of unbranched alkanes of at least 4 members (excludes halogenated alkanes) is 32. The van der Waals surface area contributed by atoms with E-state index in [1.165, 1.54) is 154 Å². The smallest absolute Gasteiger partial charge is 0.306 e. The molecule has 0 fully saturated rings. The van der Waals surface area contributed by atoms with E-state index in [-0.39, 0.29) is 31.1 Å². The van der Waals surface area contributed by atoms with E-state index in [2.05, 4.69) is 93.7 Å². The zero-order valence-corrected chi connectivity index (χ0v) is 47.0. The lowest BCUT2D eigenvalue weighted by Crippen LogP contribution is -2.30. The first kappa shape index (κ1) is 67.8. The maximum atomic E-state index is 12.9. The second-order valence-electron chi connectivity index (χ2n) is 20.2. The average Bonchev–Trinajstić information content (AvgIpc) is 3.37. The summed E-state index contributed by atoms with van der Waals surface area (Å²) in [5.41, 5.74) is 0. The number of carbonyl (C=O) groups excluding carboxylic acids is 3. The second kappa shape index (κ2) is 59.4. The molecule has 0 aliphatic rings. The van der Waals surface area contributed by atoms with Gasteiger partial charge in [-0.2, -0.15) is 0 Å². The van der Waals surface area contributed by atoms with Crippen LogP contribution in [0.3, 0.4) is 0 Å². The van der Waals surface area contributed by atoms with Gasteiger partial charge in [0.1, 0.15) is 13.2 Å². The van der Waals surface area contributed by atoms with Gasteiger partial charge in [-0.05, 0) is 89.9 Å². The number of hydrogen-bond donors (Lipinski definition) is 0. The summed E-state index contributed by atoms with van der Waals surface area (Å²) in [5, 5.41) is 0. The minimum absolute atomic E-state index is 0.0797. The van der Waals surface area contributed by atoms with Crippen LogP contribution < -0.4 is 0 Å². The van der Waals surface area contributed by atoms with Crippen molar-refractivity contribution in [2.75, 3.05) is 13.2 Å².